The van der Waals surface area contributed by atoms with E-state index >= 15 is 0 Å². The minimum atomic E-state index is -5.56. The number of benzene rings is 3. The van der Waals surface area contributed by atoms with Gasteiger partial charge in [0.2, 0.25) is 6.86 Å². The molecule has 0 aliphatic rings. The van der Waals surface area contributed by atoms with Crippen molar-refractivity contribution >= 4 is 0 Å². The summed E-state index contributed by atoms with van der Waals surface area (Å²) in [6.45, 7) is 0.433. The Bertz CT molecular complexity index is 1320. The van der Waals surface area contributed by atoms with E-state index in [1.807, 2.05) is 6.92 Å². The van der Waals surface area contributed by atoms with Crippen LogP contribution in [0.5, 0.6) is 11.5 Å². The van der Waals surface area contributed by atoms with E-state index in [2.05, 4.69) is 9.47 Å². The molecule has 0 aliphatic heterocycles. The highest BCUT2D eigenvalue weighted by atomic mass is 19.4. The lowest BCUT2D eigenvalue weighted by Gasteiger charge is -2.20. The smallest absolute Gasteiger partial charge is 0.448 e. The molecule has 0 aliphatic carbocycles. The first-order valence-electron chi connectivity index (χ1n) is 11.1. The van der Waals surface area contributed by atoms with Crippen molar-refractivity contribution in [2.24, 2.45) is 0 Å². The maximum absolute atomic E-state index is 14.5. The summed E-state index contributed by atoms with van der Waals surface area (Å²) in [4.78, 5) is 0. The van der Waals surface area contributed by atoms with Crippen LogP contribution >= 0.6 is 0 Å². The van der Waals surface area contributed by atoms with E-state index < -0.39 is 71.4 Å². The number of ether oxygens (including phenoxy) is 2. The summed E-state index contributed by atoms with van der Waals surface area (Å²) >= 11 is 0. The number of rotatable bonds is 8. The Morgan fingerprint density at radius 3 is 1.63 bits per heavy atom. The summed E-state index contributed by atoms with van der Waals surface area (Å²) in [5, 5.41) is 0. The van der Waals surface area contributed by atoms with Gasteiger partial charge in [0.15, 0.2) is 17.4 Å². The molecule has 0 saturated heterocycles. The van der Waals surface area contributed by atoms with Crippen LogP contribution in [-0.2, 0) is 12.5 Å². The Balaban J connectivity index is 0.000000564. The highest BCUT2D eigenvalue weighted by Gasteiger charge is 2.42. The molecule has 3 aromatic carbocycles. The van der Waals surface area contributed by atoms with Crippen LogP contribution in [0.25, 0.3) is 11.1 Å². The van der Waals surface area contributed by atoms with Crippen LogP contribution in [0.2, 0.25) is 0 Å². The topological polar surface area (TPSA) is 18.5 Å². The summed E-state index contributed by atoms with van der Waals surface area (Å²) in [6.07, 6.45) is -11.8. The molecule has 0 aromatic heterocycles. The molecule has 0 atom stereocenters. The standard InChI is InChI=1S/C23H17F7O2.C3F6/c1-2-3-13-4-6-14(7-5-13)15-8-17(25)21(18(26)9-15)23(29,30)32-16-10-19(27)22(31-12-24)20(28)11-16;4-1(2(5)6)3(7,8)9/h4-11H,2-3,12H2,1H3;. The van der Waals surface area contributed by atoms with E-state index in [0.29, 0.717) is 17.7 Å². The second kappa shape index (κ2) is 13.6. The lowest BCUT2D eigenvalue weighted by molar-refractivity contribution is -0.189. The van der Waals surface area contributed by atoms with Crippen LogP contribution in [0.3, 0.4) is 0 Å². The minimum absolute atomic E-state index is 0.0208. The van der Waals surface area contributed by atoms with Crippen molar-refractivity contribution < 1.29 is 66.5 Å². The summed E-state index contributed by atoms with van der Waals surface area (Å²) in [5.41, 5.74) is -0.289. The van der Waals surface area contributed by atoms with Crippen molar-refractivity contribution in [1.29, 1.82) is 0 Å². The predicted molar refractivity (Wildman–Crippen MR) is 120 cm³/mol. The first-order chi connectivity index (χ1) is 19.0. The molecule has 224 valence electrons. The fourth-order valence-electron chi connectivity index (χ4n) is 3.26. The highest BCUT2D eigenvalue weighted by Crippen LogP contribution is 2.38. The molecule has 0 radical (unpaired) electrons. The first-order valence-corrected chi connectivity index (χ1v) is 11.1. The minimum Gasteiger partial charge on any atom is -0.457 e. The van der Waals surface area contributed by atoms with Crippen LogP contribution in [0.4, 0.5) is 57.1 Å². The average molecular weight is 608 g/mol. The molecule has 41 heavy (non-hydrogen) atoms. The lowest BCUT2D eigenvalue weighted by atomic mass is 10.00. The molecule has 2 nitrogen and oxygen atoms in total. The number of halogens is 13. The molecule has 0 heterocycles. The fourth-order valence-corrected chi connectivity index (χ4v) is 3.26. The number of allylic oxidation sites excluding steroid dienone is 1. The van der Waals surface area contributed by atoms with Crippen LogP contribution in [-0.4, -0.2) is 13.0 Å². The van der Waals surface area contributed by atoms with Gasteiger partial charge in [0, 0.05) is 12.1 Å². The second-order valence-electron chi connectivity index (χ2n) is 7.92. The van der Waals surface area contributed by atoms with Gasteiger partial charge >= 0.3 is 18.4 Å². The van der Waals surface area contributed by atoms with Crippen LogP contribution in [0.1, 0.15) is 24.5 Å². The van der Waals surface area contributed by atoms with E-state index in [1.165, 1.54) is 0 Å². The molecule has 0 N–H and O–H groups in total. The predicted octanol–water partition coefficient (Wildman–Crippen LogP) is 9.92. The largest absolute Gasteiger partial charge is 0.457 e. The third-order valence-corrected chi connectivity index (χ3v) is 4.99. The molecule has 0 unspecified atom stereocenters. The van der Waals surface area contributed by atoms with Gasteiger partial charge in [-0.05, 0) is 35.2 Å². The molecule has 0 bridgehead atoms. The molecule has 0 spiro atoms. The molecule has 3 rings (SSSR count). The Kier molecular flexibility index (Phi) is 11.1. The first kappa shape index (κ1) is 33.3. The normalized spacial score (nSPS) is 11.5. The molecule has 0 amide bonds. The summed E-state index contributed by atoms with van der Waals surface area (Å²) in [7, 11) is 0. The zero-order chi connectivity index (χ0) is 31.1. The Morgan fingerprint density at radius 1 is 0.732 bits per heavy atom. The average Bonchev–Trinajstić information content (AvgIpc) is 2.85. The number of hydrogen-bond donors (Lipinski definition) is 0. The number of alkyl halides is 6. The monoisotopic (exact) mass is 608 g/mol. The van der Waals surface area contributed by atoms with Crippen molar-refractivity contribution in [3.63, 3.8) is 0 Å². The molecule has 15 heteroatoms. The van der Waals surface area contributed by atoms with Gasteiger partial charge in [-0.3, -0.25) is 0 Å². The third kappa shape index (κ3) is 8.79. The van der Waals surface area contributed by atoms with Crippen molar-refractivity contribution in [3.05, 3.63) is 94.8 Å². The van der Waals surface area contributed by atoms with Crippen LogP contribution in [0, 0.1) is 23.3 Å². The van der Waals surface area contributed by atoms with Gasteiger partial charge in [0.1, 0.15) is 22.9 Å². The zero-order valence-corrected chi connectivity index (χ0v) is 20.5. The van der Waals surface area contributed by atoms with E-state index in [9.17, 15) is 57.1 Å². The van der Waals surface area contributed by atoms with Gasteiger partial charge in [-0.2, -0.15) is 35.1 Å². The van der Waals surface area contributed by atoms with Crippen LogP contribution in [0.15, 0.2) is 60.4 Å². The van der Waals surface area contributed by atoms with Gasteiger partial charge in [0.05, 0.1) is 0 Å². The van der Waals surface area contributed by atoms with Crippen molar-refractivity contribution in [3.8, 4) is 22.6 Å². The summed E-state index contributed by atoms with van der Waals surface area (Å²) in [6, 6.07) is 8.74. The van der Waals surface area contributed by atoms with E-state index in [0.717, 1.165) is 18.4 Å². The number of hydrogen-bond acceptors (Lipinski definition) is 2. The van der Waals surface area contributed by atoms with Gasteiger partial charge in [-0.1, -0.05) is 37.6 Å². The van der Waals surface area contributed by atoms with E-state index in [1.54, 1.807) is 24.3 Å². The van der Waals surface area contributed by atoms with Crippen molar-refractivity contribution in [2.45, 2.75) is 32.1 Å². The lowest BCUT2D eigenvalue weighted by Crippen LogP contribution is -2.25. The van der Waals surface area contributed by atoms with E-state index in [-0.39, 0.29) is 17.7 Å². The number of aryl methyl sites for hydroxylation is 1. The Morgan fingerprint density at radius 2 is 1.24 bits per heavy atom. The maximum Gasteiger partial charge on any atom is 0.448 e. The Hall–Kier alpha value is -3.91. The van der Waals surface area contributed by atoms with Crippen LogP contribution < -0.4 is 9.47 Å². The molecule has 0 saturated carbocycles. The van der Waals surface area contributed by atoms with Gasteiger partial charge < -0.3 is 9.47 Å². The molecule has 0 fully saturated rings. The molecular weight excluding hydrogens is 591 g/mol. The fraction of sp³-hybridized carbons (Fsp3) is 0.231. The second-order valence-corrected chi connectivity index (χ2v) is 7.92. The zero-order valence-electron chi connectivity index (χ0n) is 20.5. The van der Waals surface area contributed by atoms with Gasteiger partial charge in [-0.15, -0.1) is 0 Å². The Labute approximate surface area is 223 Å². The van der Waals surface area contributed by atoms with Crippen molar-refractivity contribution in [1.82, 2.24) is 0 Å². The SMILES string of the molecule is CCCc1ccc(-c2cc(F)c(C(F)(F)Oc3cc(F)c(OCF)c(F)c3)c(F)c2)cc1.FC(F)=C(F)C(F)(F)F. The quantitative estimate of drug-likeness (QED) is 0.237. The third-order valence-electron chi connectivity index (χ3n) is 4.99. The molecular formula is C26H17F13O2. The van der Waals surface area contributed by atoms with Gasteiger partial charge in [0.25, 0.3) is 5.83 Å². The maximum atomic E-state index is 14.5. The highest BCUT2D eigenvalue weighted by molar-refractivity contribution is 5.64. The van der Waals surface area contributed by atoms with Crippen molar-refractivity contribution in [2.75, 3.05) is 6.86 Å². The van der Waals surface area contributed by atoms with E-state index in [4.69, 9.17) is 0 Å². The summed E-state index contributed by atoms with van der Waals surface area (Å²) < 4.78 is 171. The summed E-state index contributed by atoms with van der Waals surface area (Å²) in [5.74, 6) is -11.8. The van der Waals surface area contributed by atoms with Gasteiger partial charge in [-0.25, -0.2) is 22.0 Å². The molecule has 3 aromatic rings.